The molecule has 3 N–H and O–H groups in total. The largest absolute Gasteiger partial charge is 0.489 e. The molecule has 0 aliphatic carbocycles. The second-order valence-electron chi connectivity index (χ2n) is 12.4. The third-order valence-corrected chi connectivity index (χ3v) is 7.13. The molecule has 0 saturated carbocycles. The number of aliphatic hydroxyl groups is 1. The minimum absolute atomic E-state index is 0.0364. The van der Waals surface area contributed by atoms with Crippen LogP contribution in [-0.4, -0.2) is 86.4 Å². The van der Waals surface area contributed by atoms with Crippen LogP contribution in [0.3, 0.4) is 0 Å². The van der Waals surface area contributed by atoms with Gasteiger partial charge in [-0.2, -0.15) is 4.39 Å². The van der Waals surface area contributed by atoms with Crippen LogP contribution < -0.4 is 5.32 Å². The van der Waals surface area contributed by atoms with Gasteiger partial charge >= 0.3 is 6.09 Å². The van der Waals surface area contributed by atoms with E-state index in [1.54, 1.807) is 40.9 Å². The second kappa shape index (κ2) is 20.2. The number of amides is 1. The van der Waals surface area contributed by atoms with Crippen LogP contribution in [0.15, 0.2) is 59.4 Å². The van der Waals surface area contributed by atoms with Crippen molar-refractivity contribution in [1.82, 2.24) is 10.2 Å². The van der Waals surface area contributed by atoms with E-state index in [0.29, 0.717) is 31.1 Å². The van der Waals surface area contributed by atoms with E-state index in [1.807, 2.05) is 39.0 Å². The molecular formula is C34H55F2N3O6. The number of allylic oxidation sites excluding steroid dienone is 8. The van der Waals surface area contributed by atoms with Crippen molar-refractivity contribution in [1.29, 1.82) is 5.41 Å². The number of halogens is 2. The van der Waals surface area contributed by atoms with Gasteiger partial charge in [-0.25, -0.2) is 9.18 Å². The molecule has 4 unspecified atom stereocenters. The summed E-state index contributed by atoms with van der Waals surface area (Å²) in [5.41, 5.74) is 0.634. The van der Waals surface area contributed by atoms with Crippen LogP contribution in [0.2, 0.25) is 0 Å². The monoisotopic (exact) mass is 639 g/mol. The molecule has 2 rings (SSSR count). The van der Waals surface area contributed by atoms with Crippen molar-refractivity contribution in [2.45, 2.75) is 85.4 Å². The summed E-state index contributed by atoms with van der Waals surface area (Å²) in [7, 11) is 1.71. The minimum Gasteiger partial charge on any atom is -0.489 e. The van der Waals surface area contributed by atoms with Gasteiger partial charge < -0.3 is 34.3 Å². The van der Waals surface area contributed by atoms with E-state index in [9.17, 15) is 18.7 Å². The Bertz CT molecular complexity index is 1100. The van der Waals surface area contributed by atoms with Gasteiger partial charge in [-0.1, -0.05) is 37.8 Å². The number of carbonyl (C=O) groups excluding carboxylic acids is 1. The van der Waals surface area contributed by atoms with Gasteiger partial charge in [0.25, 0.3) is 0 Å². The lowest BCUT2D eigenvalue weighted by Gasteiger charge is -2.28. The zero-order valence-electron chi connectivity index (χ0n) is 28.4. The van der Waals surface area contributed by atoms with E-state index < -0.39 is 23.5 Å². The number of methoxy groups -OCH3 is 1. The van der Waals surface area contributed by atoms with E-state index in [1.165, 1.54) is 4.90 Å². The molecule has 2 aliphatic heterocycles. The van der Waals surface area contributed by atoms with Gasteiger partial charge in [0, 0.05) is 38.8 Å². The van der Waals surface area contributed by atoms with Gasteiger partial charge in [0.15, 0.2) is 17.3 Å². The van der Waals surface area contributed by atoms with Crippen molar-refractivity contribution < 1.29 is 37.6 Å². The number of nitrogens with one attached hydrogen (secondary N) is 2. The molecule has 0 aromatic carbocycles. The fourth-order valence-corrected chi connectivity index (χ4v) is 5.06. The van der Waals surface area contributed by atoms with Gasteiger partial charge in [-0.3, -0.25) is 5.41 Å². The first-order valence-electron chi connectivity index (χ1n) is 15.6. The smallest absolute Gasteiger partial charge is 0.410 e. The van der Waals surface area contributed by atoms with Crippen molar-refractivity contribution >= 4 is 12.1 Å². The number of rotatable bonds is 14. The molecule has 0 spiro atoms. The first-order chi connectivity index (χ1) is 21.2. The Morgan fingerprint density at radius 3 is 2.24 bits per heavy atom. The van der Waals surface area contributed by atoms with Crippen molar-refractivity contribution in [2.75, 3.05) is 46.6 Å². The average Bonchev–Trinajstić information content (AvgIpc) is 3.58. The molecule has 0 aromatic heterocycles. The van der Waals surface area contributed by atoms with Crippen LogP contribution in [0, 0.1) is 17.2 Å². The summed E-state index contributed by atoms with van der Waals surface area (Å²) in [6, 6.07) is -0.104. The van der Waals surface area contributed by atoms with Crippen LogP contribution in [0.1, 0.15) is 67.7 Å². The number of nitrogens with zero attached hydrogens (tertiary/aromatic N) is 1. The maximum Gasteiger partial charge on any atom is 0.410 e. The summed E-state index contributed by atoms with van der Waals surface area (Å²) in [5.74, 6) is -1.13. The third-order valence-electron chi connectivity index (χ3n) is 7.13. The van der Waals surface area contributed by atoms with Gasteiger partial charge in [-0.15, -0.1) is 0 Å². The fraction of sp³-hybridized carbons (Fsp3) is 0.647. The number of hydrogen-bond donors (Lipinski definition) is 3. The Hall–Kier alpha value is -3.02. The van der Waals surface area contributed by atoms with Gasteiger partial charge in [0.05, 0.1) is 12.6 Å². The third kappa shape index (κ3) is 14.7. The number of carbonyl (C=O) groups is 1. The predicted molar refractivity (Wildman–Crippen MR) is 174 cm³/mol. The summed E-state index contributed by atoms with van der Waals surface area (Å²) in [4.78, 5) is 13.9. The van der Waals surface area contributed by atoms with Crippen molar-refractivity contribution in [3.05, 3.63) is 59.4 Å². The minimum atomic E-state index is -1.15. The molecule has 2 aliphatic rings. The molecule has 256 valence electrons. The molecule has 9 nitrogen and oxygen atoms in total. The maximum absolute atomic E-state index is 13.6. The Morgan fingerprint density at radius 1 is 1.07 bits per heavy atom. The van der Waals surface area contributed by atoms with Crippen molar-refractivity contribution in [3.63, 3.8) is 0 Å². The fourth-order valence-electron chi connectivity index (χ4n) is 5.06. The Labute approximate surface area is 268 Å². The van der Waals surface area contributed by atoms with Crippen LogP contribution >= 0.6 is 0 Å². The maximum atomic E-state index is 13.6. The number of ether oxygens (including phenoxy) is 4. The summed E-state index contributed by atoms with van der Waals surface area (Å²) in [5, 5.41) is 20.1. The highest BCUT2D eigenvalue weighted by Gasteiger charge is 2.38. The highest BCUT2D eigenvalue weighted by Crippen LogP contribution is 2.27. The Balaban J connectivity index is 0.000000472. The van der Waals surface area contributed by atoms with Gasteiger partial charge in [0.2, 0.25) is 5.97 Å². The number of hydrogen-bond acceptors (Lipinski definition) is 8. The molecule has 0 radical (unpaired) electrons. The van der Waals surface area contributed by atoms with Crippen LogP contribution in [0.4, 0.5) is 13.6 Å². The molecule has 4 atom stereocenters. The normalized spacial score (nSPS) is 23.0. The van der Waals surface area contributed by atoms with E-state index in [-0.39, 0.29) is 42.7 Å². The first kappa shape index (κ1) is 40.0. The van der Waals surface area contributed by atoms with E-state index in [2.05, 4.69) is 11.9 Å². The van der Waals surface area contributed by atoms with Crippen LogP contribution in [0.25, 0.3) is 0 Å². The average molecular weight is 640 g/mol. The molecule has 0 bridgehead atoms. The van der Waals surface area contributed by atoms with Crippen molar-refractivity contribution in [2.24, 2.45) is 11.8 Å². The Kier molecular flexibility index (Phi) is 17.9. The Morgan fingerprint density at radius 2 is 1.71 bits per heavy atom. The zero-order chi connectivity index (χ0) is 34.2. The first-order valence-corrected chi connectivity index (χ1v) is 15.6. The van der Waals surface area contributed by atoms with Crippen LogP contribution in [-0.2, 0) is 18.9 Å². The predicted octanol–water partition coefficient (Wildman–Crippen LogP) is 6.77. The quantitative estimate of drug-likeness (QED) is 0.109. The summed E-state index contributed by atoms with van der Waals surface area (Å²) < 4.78 is 48.6. The topological polar surface area (TPSA) is 113 Å². The lowest BCUT2D eigenvalue weighted by Crippen LogP contribution is -2.42. The van der Waals surface area contributed by atoms with Crippen molar-refractivity contribution in [3.8, 4) is 0 Å². The van der Waals surface area contributed by atoms with E-state index in [0.717, 1.165) is 31.6 Å². The summed E-state index contributed by atoms with van der Waals surface area (Å²) in [6.07, 6.45) is 9.06. The molecule has 0 aromatic rings. The van der Waals surface area contributed by atoms with Gasteiger partial charge in [0.1, 0.15) is 18.8 Å². The SMILES string of the molecule is C=C(F)/C(OCC1CC(COC)CN1)=C(C)\C=C/C.CC/C=C\C(C)=C(\OCC1CC(CO)CN1C(=O)OC(C)(C)C)C(=N)F. The molecule has 2 saturated heterocycles. The highest BCUT2D eigenvalue weighted by molar-refractivity contribution is 5.89. The standard InChI is InChI=1S/C19H31FN2O4.C15H24FNO2/c1-6-7-8-13(2)16(17(20)21)25-12-15-9-14(11-23)10-22(15)18(24)26-19(3,4)5;1-5-6-11(2)15(12(3)16)19-10-14-7-13(8-17-14)9-18-4/h7-8,14-15,21,23H,6,9-12H2,1-5H3;5-6,13-14,17H,3,7-10H2,1-2,4H3/b8-7-,16-13+,21-17?;6-5-,15-11+. The molecule has 1 amide bonds. The highest BCUT2D eigenvalue weighted by atomic mass is 19.1. The molecule has 45 heavy (non-hydrogen) atoms. The number of aliphatic hydroxyl groups excluding tert-OH is 1. The molecule has 2 fully saturated rings. The molecule has 11 heteroatoms. The van der Waals surface area contributed by atoms with Gasteiger partial charge in [-0.05, 0) is 77.9 Å². The molecule has 2 heterocycles. The molecular weight excluding hydrogens is 584 g/mol. The van der Waals surface area contributed by atoms with E-state index in [4.69, 9.17) is 24.4 Å². The van der Waals surface area contributed by atoms with Crippen LogP contribution in [0.5, 0.6) is 0 Å². The van der Waals surface area contributed by atoms with E-state index >= 15 is 0 Å². The number of likely N-dealkylation sites (tertiary alicyclic amines) is 1. The lowest BCUT2D eigenvalue weighted by molar-refractivity contribution is 0.0155. The second-order valence-corrected chi connectivity index (χ2v) is 12.4. The lowest BCUT2D eigenvalue weighted by atomic mass is 10.1. The zero-order valence-corrected chi connectivity index (χ0v) is 28.4. The summed E-state index contributed by atoms with van der Waals surface area (Å²) >= 11 is 0. The summed E-state index contributed by atoms with van der Waals surface area (Å²) in [6.45, 7) is 18.5.